The van der Waals surface area contributed by atoms with Gasteiger partial charge in [-0.25, -0.2) is 4.39 Å². The summed E-state index contributed by atoms with van der Waals surface area (Å²) in [4.78, 5) is 114. The van der Waals surface area contributed by atoms with E-state index in [0.717, 1.165) is 5.56 Å². The van der Waals surface area contributed by atoms with Crippen LogP contribution in [0.15, 0.2) is 77.4 Å². The van der Waals surface area contributed by atoms with Gasteiger partial charge < -0.3 is 46.7 Å². The largest absolute Gasteiger partial charge is 0.481 e. The molecule has 1 aromatic heterocycles. The Morgan fingerprint density at radius 3 is 1.56 bits per heavy atom. The number of carbonyl (C=O) groups excluding carboxylic acids is 8. The number of benzene rings is 2. The molecule has 1 aliphatic rings. The molecule has 0 aliphatic carbocycles. The molecule has 392 valence electrons. The molecule has 3 aromatic rings. The topological polar surface area (TPSA) is 271 Å². The van der Waals surface area contributed by atoms with E-state index in [4.69, 9.17) is 9.52 Å². The zero-order valence-corrected chi connectivity index (χ0v) is 43.2. The van der Waals surface area contributed by atoms with E-state index < -0.39 is 47.8 Å². The summed E-state index contributed by atoms with van der Waals surface area (Å²) in [6, 6.07) is 15.2. The highest BCUT2D eigenvalue weighted by molar-refractivity contribution is 8.14. The summed E-state index contributed by atoms with van der Waals surface area (Å²) in [6.07, 6.45) is 3.05. The van der Waals surface area contributed by atoms with Gasteiger partial charge in [-0.15, -0.1) is 0 Å². The van der Waals surface area contributed by atoms with Crippen molar-refractivity contribution in [2.45, 2.75) is 108 Å². The lowest BCUT2D eigenvalue weighted by molar-refractivity contribution is -0.137. The van der Waals surface area contributed by atoms with Crippen molar-refractivity contribution in [3.8, 4) is 0 Å². The van der Waals surface area contributed by atoms with Crippen LogP contribution < -0.4 is 37.2 Å². The predicted molar refractivity (Wildman–Crippen MR) is 278 cm³/mol. The van der Waals surface area contributed by atoms with Crippen molar-refractivity contribution in [1.29, 1.82) is 0 Å². The van der Waals surface area contributed by atoms with Crippen molar-refractivity contribution in [2.75, 3.05) is 40.3 Å². The normalized spacial score (nSPS) is 14.3. The fourth-order valence-electron chi connectivity index (χ4n) is 6.84. The van der Waals surface area contributed by atoms with Crippen molar-refractivity contribution in [1.82, 2.24) is 37.2 Å². The molecular formula is C49H64FN7O11S4. The van der Waals surface area contributed by atoms with Gasteiger partial charge in [-0.3, -0.25) is 43.2 Å². The molecule has 0 saturated carbocycles. The quantitative estimate of drug-likeness (QED) is 0.0386. The first kappa shape index (κ1) is 59.0. The molecule has 4 rings (SSSR count). The van der Waals surface area contributed by atoms with E-state index in [2.05, 4.69) is 37.2 Å². The molecule has 18 nitrogen and oxygen atoms in total. The monoisotopic (exact) mass is 1070 g/mol. The van der Waals surface area contributed by atoms with E-state index >= 15 is 0 Å². The maximum atomic E-state index is 13.4. The van der Waals surface area contributed by atoms with Gasteiger partial charge in [0.1, 0.15) is 29.7 Å². The first-order valence-electron chi connectivity index (χ1n) is 23.7. The number of carboxylic acids is 1. The Hall–Kier alpha value is -5.52. The number of carboxylic acid groups (broad SMARTS) is 1. The van der Waals surface area contributed by atoms with Gasteiger partial charge in [0, 0.05) is 68.2 Å². The number of hydrogen-bond acceptors (Lipinski definition) is 14. The standard InChI is InChI=1S/C49H64FN7O11S4/c50-35-13-11-34(12-14-35)31-52-46(64)37(54-41(58)9-4-10-45(62)63)15-23-69-26-19-42(59)55-38(47(65)51-30-33-6-2-1-3-7-33)16-24-70-27-20-43(60)56-39(48(66)53-32-36-8-5-22-68-36)17-25-71-28-21-44(61)57-40-18-29-72-49(40)67/h1-3,5-8,11-14,22,37-40H,4,9-10,15-21,23-32H2,(H,51,65)(H,52,64)(H,53,66)(H,54,58)(H,55,59)(H,56,60)(H,57,61)(H,62,63). The lowest BCUT2D eigenvalue weighted by Crippen LogP contribution is -2.47. The Balaban J connectivity index is 1.23. The van der Waals surface area contributed by atoms with Crippen molar-refractivity contribution < 1.29 is 57.1 Å². The molecule has 1 saturated heterocycles. The van der Waals surface area contributed by atoms with E-state index in [-0.39, 0.29) is 106 Å². The number of thioether (sulfide) groups is 4. The predicted octanol–water partition coefficient (Wildman–Crippen LogP) is 4.07. The second-order valence-corrected chi connectivity index (χ2v) is 21.3. The van der Waals surface area contributed by atoms with Crippen LogP contribution in [0.25, 0.3) is 0 Å². The average molecular weight is 1070 g/mol. The highest BCUT2D eigenvalue weighted by Gasteiger charge is 2.27. The van der Waals surface area contributed by atoms with E-state index in [0.29, 0.717) is 64.4 Å². The third kappa shape index (κ3) is 24.7. The van der Waals surface area contributed by atoms with Crippen LogP contribution in [-0.2, 0) is 62.8 Å². The van der Waals surface area contributed by atoms with Crippen LogP contribution in [0.1, 0.15) is 81.1 Å². The zero-order valence-electron chi connectivity index (χ0n) is 39.9. The smallest absolute Gasteiger partial charge is 0.303 e. The number of nitrogens with one attached hydrogen (secondary N) is 7. The molecule has 0 spiro atoms. The SMILES string of the molecule is O=C(O)CCCC(=O)NC(CCSCCC(=O)NC(CCSCCC(=O)NC(CCSCCC(=O)NC1CCSC1=O)C(=O)NCc1ccco1)C(=O)NCc1ccccc1)C(=O)NCc1ccc(F)cc1. The van der Waals surface area contributed by atoms with Gasteiger partial charge in [0.25, 0.3) is 0 Å². The molecule has 0 bridgehead atoms. The third-order valence-corrected chi connectivity index (χ3v) is 14.9. The van der Waals surface area contributed by atoms with Crippen molar-refractivity contribution in [2.24, 2.45) is 0 Å². The van der Waals surface area contributed by atoms with Crippen LogP contribution in [0.2, 0.25) is 0 Å². The Labute approximate surface area is 435 Å². The van der Waals surface area contributed by atoms with Crippen LogP contribution in [-0.4, -0.2) is 122 Å². The van der Waals surface area contributed by atoms with Crippen LogP contribution in [0.4, 0.5) is 4.39 Å². The number of carbonyl (C=O) groups is 9. The maximum absolute atomic E-state index is 13.4. The molecular weight excluding hydrogens is 1010 g/mol. The summed E-state index contributed by atoms with van der Waals surface area (Å²) in [5.41, 5.74) is 1.52. The van der Waals surface area contributed by atoms with E-state index in [1.165, 1.54) is 77.6 Å². The number of furan rings is 1. The molecule has 2 aromatic carbocycles. The van der Waals surface area contributed by atoms with Crippen molar-refractivity contribution >= 4 is 99.5 Å². The summed E-state index contributed by atoms with van der Waals surface area (Å²) >= 11 is 5.47. The first-order valence-corrected chi connectivity index (χ1v) is 28.1. The molecule has 8 N–H and O–H groups in total. The van der Waals surface area contributed by atoms with Crippen molar-refractivity contribution in [3.05, 3.63) is 95.7 Å². The number of aliphatic carboxylic acids is 1. The minimum atomic E-state index is -1.04. The molecule has 1 fully saturated rings. The summed E-state index contributed by atoms with van der Waals surface area (Å²) in [7, 11) is 0. The Morgan fingerprint density at radius 1 is 0.597 bits per heavy atom. The lowest BCUT2D eigenvalue weighted by atomic mass is 10.1. The molecule has 1 aliphatic heterocycles. The fraction of sp³-hybridized carbons (Fsp3) is 0.490. The summed E-state index contributed by atoms with van der Waals surface area (Å²) < 4.78 is 18.7. The molecule has 0 radical (unpaired) electrons. The number of hydrogen-bond donors (Lipinski definition) is 8. The molecule has 2 heterocycles. The highest BCUT2D eigenvalue weighted by Crippen LogP contribution is 2.20. The van der Waals surface area contributed by atoms with E-state index in [9.17, 15) is 47.5 Å². The van der Waals surface area contributed by atoms with Gasteiger partial charge in [-0.05, 0) is 84.8 Å². The van der Waals surface area contributed by atoms with Crippen LogP contribution in [0.3, 0.4) is 0 Å². The lowest BCUT2D eigenvalue weighted by Gasteiger charge is -2.20. The number of rotatable bonds is 35. The van der Waals surface area contributed by atoms with Crippen LogP contribution >= 0.6 is 47.0 Å². The Morgan fingerprint density at radius 2 is 1.08 bits per heavy atom. The van der Waals surface area contributed by atoms with Gasteiger partial charge in [0.15, 0.2) is 0 Å². The van der Waals surface area contributed by atoms with Gasteiger partial charge in [0.2, 0.25) is 46.5 Å². The average Bonchev–Trinajstić information content (AvgIpc) is 4.04. The van der Waals surface area contributed by atoms with Gasteiger partial charge in [0.05, 0.1) is 18.8 Å². The summed E-state index contributed by atoms with van der Waals surface area (Å²) in [6.45, 7) is 0.478. The second-order valence-electron chi connectivity index (χ2n) is 16.5. The molecule has 4 unspecified atom stereocenters. The molecule has 23 heteroatoms. The van der Waals surface area contributed by atoms with E-state index in [1.807, 2.05) is 30.3 Å². The van der Waals surface area contributed by atoms with E-state index in [1.54, 1.807) is 12.1 Å². The second kappa shape index (κ2) is 34.0. The zero-order chi connectivity index (χ0) is 51.9. The third-order valence-electron chi connectivity index (χ3n) is 10.8. The van der Waals surface area contributed by atoms with Crippen LogP contribution in [0, 0.1) is 5.82 Å². The minimum Gasteiger partial charge on any atom is -0.481 e. The molecule has 7 amide bonds. The minimum absolute atomic E-state index is 0.0284. The molecule has 72 heavy (non-hydrogen) atoms. The number of halogens is 1. The molecule has 4 atom stereocenters. The first-order chi connectivity index (χ1) is 34.7. The Bertz CT molecular complexity index is 2210. The summed E-state index contributed by atoms with van der Waals surface area (Å²) in [5, 5.41) is 28.5. The highest BCUT2D eigenvalue weighted by atomic mass is 32.2. The fourth-order valence-corrected chi connectivity index (χ4v) is 10.6. The van der Waals surface area contributed by atoms with Gasteiger partial charge in [-0.2, -0.15) is 35.3 Å². The Kier molecular flexibility index (Phi) is 27.9. The number of amides is 7. The van der Waals surface area contributed by atoms with Gasteiger partial charge in [-0.1, -0.05) is 54.2 Å². The van der Waals surface area contributed by atoms with Crippen LogP contribution in [0.5, 0.6) is 0 Å². The van der Waals surface area contributed by atoms with Gasteiger partial charge >= 0.3 is 5.97 Å². The maximum Gasteiger partial charge on any atom is 0.303 e. The van der Waals surface area contributed by atoms with Crippen molar-refractivity contribution in [3.63, 3.8) is 0 Å². The summed E-state index contributed by atoms with van der Waals surface area (Å²) in [5.74, 6) is -0.393.